The molecule has 0 radical (unpaired) electrons. The lowest BCUT2D eigenvalue weighted by molar-refractivity contribution is -0.114. The number of carbonyl (C=O) groups is 1. The number of hydrogen-bond acceptors (Lipinski definition) is 6. The standard InChI is InChI=1S/C10H7N5O2/c11-9(16)5-1-2-8-6(3-5)12-4-7-10(17-8)14-15-13-7/h1-2,4H,3H2,(H2,11,16). The van der Waals surface area contributed by atoms with Crippen LogP contribution in [0.15, 0.2) is 55.8 Å². The zero-order valence-corrected chi connectivity index (χ0v) is 8.62. The van der Waals surface area contributed by atoms with Crippen molar-refractivity contribution >= 4 is 17.5 Å². The molecule has 0 aromatic rings. The number of nitrogens with zero attached hydrogens (tertiary/aromatic N) is 4. The Morgan fingerprint density at radius 3 is 3.12 bits per heavy atom. The van der Waals surface area contributed by atoms with E-state index in [-0.39, 0.29) is 0 Å². The number of nitrogens with two attached hydrogens (primary N) is 1. The molecule has 0 atom stereocenters. The van der Waals surface area contributed by atoms with Gasteiger partial charge >= 0.3 is 0 Å². The Labute approximate surface area is 95.8 Å². The Balaban J connectivity index is 2.00. The summed E-state index contributed by atoms with van der Waals surface area (Å²) in [6.45, 7) is 0. The molecule has 0 bridgehead atoms. The topological polar surface area (TPSA) is 102 Å². The quantitative estimate of drug-likeness (QED) is 0.717. The summed E-state index contributed by atoms with van der Waals surface area (Å²) in [7, 11) is 0. The van der Waals surface area contributed by atoms with Crippen molar-refractivity contribution < 1.29 is 9.53 Å². The van der Waals surface area contributed by atoms with Gasteiger partial charge < -0.3 is 10.5 Å². The molecule has 0 unspecified atom stereocenters. The number of carbonyl (C=O) groups excluding carboxylic acids is 1. The fourth-order valence-electron chi connectivity index (χ4n) is 1.57. The lowest BCUT2D eigenvalue weighted by Gasteiger charge is -2.13. The first-order chi connectivity index (χ1) is 8.24. The van der Waals surface area contributed by atoms with Crippen LogP contribution in [0, 0.1) is 0 Å². The minimum atomic E-state index is -0.461. The molecular weight excluding hydrogens is 222 g/mol. The molecule has 0 fully saturated rings. The number of amides is 1. The first-order valence-corrected chi connectivity index (χ1v) is 4.89. The smallest absolute Gasteiger partial charge is 0.270 e. The molecule has 2 N–H and O–H groups in total. The summed E-state index contributed by atoms with van der Waals surface area (Å²) < 4.78 is 5.50. The van der Waals surface area contributed by atoms with Gasteiger partial charge in [0.25, 0.3) is 5.90 Å². The maximum atomic E-state index is 11.1. The molecule has 1 aliphatic carbocycles. The second-order valence-electron chi connectivity index (χ2n) is 3.55. The predicted molar refractivity (Wildman–Crippen MR) is 58.9 cm³/mol. The van der Waals surface area contributed by atoms with Gasteiger partial charge in [-0.25, -0.2) is 0 Å². The molecule has 7 nitrogen and oxygen atoms in total. The highest BCUT2D eigenvalue weighted by Gasteiger charge is 2.25. The van der Waals surface area contributed by atoms with Gasteiger partial charge in [0.1, 0.15) is 0 Å². The van der Waals surface area contributed by atoms with E-state index in [0.717, 1.165) is 0 Å². The summed E-state index contributed by atoms with van der Waals surface area (Å²) in [4.78, 5) is 15.3. The Bertz CT molecular complexity index is 592. The van der Waals surface area contributed by atoms with Crippen LogP contribution in [0.4, 0.5) is 0 Å². The van der Waals surface area contributed by atoms with Crippen LogP contribution >= 0.6 is 0 Å². The maximum absolute atomic E-state index is 11.1. The summed E-state index contributed by atoms with van der Waals surface area (Å²) in [6.07, 6.45) is 5.11. The number of hydrogen-bond donors (Lipinski definition) is 1. The summed E-state index contributed by atoms with van der Waals surface area (Å²) in [5.41, 5.74) is 6.80. The molecule has 0 aromatic heterocycles. The van der Waals surface area contributed by atoms with E-state index in [4.69, 9.17) is 10.5 Å². The number of allylic oxidation sites excluding steroid dienone is 3. The third kappa shape index (κ3) is 1.57. The molecule has 2 heterocycles. The van der Waals surface area contributed by atoms with Gasteiger partial charge in [0, 0.05) is 12.0 Å². The molecule has 7 heteroatoms. The van der Waals surface area contributed by atoms with Crippen molar-refractivity contribution in [2.24, 2.45) is 26.2 Å². The van der Waals surface area contributed by atoms with E-state index < -0.39 is 5.91 Å². The third-order valence-electron chi connectivity index (χ3n) is 2.45. The summed E-state index contributed by atoms with van der Waals surface area (Å²) >= 11 is 0. The van der Waals surface area contributed by atoms with Crippen molar-refractivity contribution in [3.05, 3.63) is 35.4 Å². The van der Waals surface area contributed by atoms with Crippen LogP contribution in [0.1, 0.15) is 6.42 Å². The zero-order valence-electron chi connectivity index (χ0n) is 8.62. The fraction of sp³-hybridized carbons (Fsp3) is 0.100. The van der Waals surface area contributed by atoms with Crippen LogP contribution in [-0.4, -0.2) is 17.5 Å². The highest BCUT2D eigenvalue weighted by atomic mass is 16.5. The fourth-order valence-corrected chi connectivity index (χ4v) is 1.57. The lowest BCUT2D eigenvalue weighted by Crippen LogP contribution is -2.20. The zero-order chi connectivity index (χ0) is 11.8. The highest BCUT2D eigenvalue weighted by molar-refractivity contribution is 6.11. The third-order valence-corrected chi connectivity index (χ3v) is 2.45. The van der Waals surface area contributed by atoms with Crippen LogP contribution in [0.5, 0.6) is 0 Å². The van der Waals surface area contributed by atoms with E-state index in [0.29, 0.717) is 35.1 Å². The van der Waals surface area contributed by atoms with Crippen molar-refractivity contribution in [2.45, 2.75) is 6.42 Å². The molecule has 1 amide bonds. The number of primary amides is 1. The summed E-state index contributed by atoms with van der Waals surface area (Å²) in [6, 6.07) is 0. The van der Waals surface area contributed by atoms with Crippen molar-refractivity contribution in [1.82, 2.24) is 0 Å². The van der Waals surface area contributed by atoms with Crippen LogP contribution in [0.2, 0.25) is 0 Å². The monoisotopic (exact) mass is 229 g/mol. The largest absolute Gasteiger partial charge is 0.434 e. The van der Waals surface area contributed by atoms with Crippen molar-refractivity contribution in [2.75, 3.05) is 0 Å². The normalized spacial score (nSPS) is 20.8. The number of aliphatic imine (C=N–C) groups is 1. The molecular formula is C10H7N5O2. The van der Waals surface area contributed by atoms with Crippen molar-refractivity contribution in [1.29, 1.82) is 0 Å². The first kappa shape index (κ1) is 9.64. The van der Waals surface area contributed by atoms with Crippen LogP contribution in [0.3, 0.4) is 0 Å². The Morgan fingerprint density at radius 1 is 1.41 bits per heavy atom. The maximum Gasteiger partial charge on any atom is 0.270 e. The Morgan fingerprint density at radius 2 is 2.29 bits per heavy atom. The molecule has 17 heavy (non-hydrogen) atoms. The van der Waals surface area contributed by atoms with Crippen LogP contribution in [-0.2, 0) is 9.53 Å². The summed E-state index contributed by atoms with van der Waals surface area (Å²) in [5, 5.41) is 10.9. The van der Waals surface area contributed by atoms with Gasteiger partial charge in [-0.15, -0.1) is 5.11 Å². The van der Waals surface area contributed by atoms with E-state index in [9.17, 15) is 4.79 Å². The van der Waals surface area contributed by atoms with E-state index in [2.05, 4.69) is 20.4 Å². The van der Waals surface area contributed by atoms with Gasteiger partial charge in [-0.05, 0) is 17.4 Å². The molecule has 0 spiro atoms. The number of ether oxygens (including phenoxy) is 1. The molecule has 0 saturated heterocycles. The second kappa shape index (κ2) is 3.48. The molecule has 0 saturated carbocycles. The van der Waals surface area contributed by atoms with Crippen LogP contribution in [0.25, 0.3) is 0 Å². The van der Waals surface area contributed by atoms with Gasteiger partial charge in [-0.1, -0.05) is 5.10 Å². The number of fused-ring (bicyclic) bond motifs is 2. The average Bonchev–Trinajstić information content (AvgIpc) is 2.68. The molecule has 0 aromatic carbocycles. The molecule has 3 aliphatic rings. The SMILES string of the molecule is NC(=O)C1=CC=C2OC3=NN=NC3=CN=C2C1. The van der Waals surface area contributed by atoms with Crippen molar-refractivity contribution in [3.63, 3.8) is 0 Å². The number of rotatable bonds is 1. The average molecular weight is 229 g/mol. The van der Waals surface area contributed by atoms with Crippen molar-refractivity contribution in [3.8, 4) is 0 Å². The van der Waals surface area contributed by atoms with Gasteiger partial charge in [-0.2, -0.15) is 0 Å². The van der Waals surface area contributed by atoms with E-state index in [1.165, 1.54) is 6.20 Å². The van der Waals surface area contributed by atoms with Gasteiger partial charge in [0.05, 0.1) is 11.9 Å². The van der Waals surface area contributed by atoms with Gasteiger partial charge in [0.15, 0.2) is 11.5 Å². The van der Waals surface area contributed by atoms with Gasteiger partial charge in [-0.3, -0.25) is 9.79 Å². The van der Waals surface area contributed by atoms with Crippen LogP contribution < -0.4 is 5.73 Å². The molecule has 2 aliphatic heterocycles. The minimum Gasteiger partial charge on any atom is -0.434 e. The summed E-state index contributed by atoms with van der Waals surface area (Å²) in [5.74, 6) is 0.385. The second-order valence-corrected chi connectivity index (χ2v) is 3.55. The Hall–Kier alpha value is -2.57. The van der Waals surface area contributed by atoms with E-state index >= 15 is 0 Å². The highest BCUT2D eigenvalue weighted by Crippen LogP contribution is 2.24. The van der Waals surface area contributed by atoms with Gasteiger partial charge in [0.2, 0.25) is 5.91 Å². The molecule has 84 valence electrons. The first-order valence-electron chi connectivity index (χ1n) is 4.89. The van der Waals surface area contributed by atoms with E-state index in [1.807, 2.05) is 0 Å². The predicted octanol–water partition coefficient (Wildman–Crippen LogP) is 0.778. The molecule has 3 rings (SSSR count). The lowest BCUT2D eigenvalue weighted by atomic mass is 10.0. The Kier molecular flexibility index (Phi) is 1.97. The minimum absolute atomic E-state index is 0.311. The van der Waals surface area contributed by atoms with E-state index in [1.54, 1.807) is 12.2 Å².